The first kappa shape index (κ1) is 16.5. The predicted molar refractivity (Wildman–Crippen MR) is 79.5 cm³/mol. The van der Waals surface area contributed by atoms with Crippen molar-refractivity contribution in [3.05, 3.63) is 0 Å². The molecule has 0 aromatic carbocycles. The van der Waals surface area contributed by atoms with Crippen molar-refractivity contribution >= 4 is 18.2 Å². The monoisotopic (exact) mass is 303 g/mol. The van der Waals surface area contributed by atoms with Gasteiger partial charge < -0.3 is 0 Å². The Labute approximate surface area is 129 Å². The number of hydrogen-bond donors (Lipinski definition) is 0. The molecule has 2 rings (SSSR count). The van der Waals surface area contributed by atoms with Gasteiger partial charge in [0, 0.05) is 0 Å². The molecular weight excluding hydrogens is 282 g/mol. The van der Waals surface area contributed by atoms with Crippen LogP contribution < -0.4 is 0 Å². The highest BCUT2D eigenvalue weighted by atomic mass is 16.1. The molecule has 0 amide bonds. The lowest BCUT2D eigenvalue weighted by Gasteiger charge is -2.34. The molecule has 2 saturated carbocycles. The SMILES string of the molecule is O=C=NCCCC1C2CC(CCN=C=O)C(C2)C1CN=C=O. The van der Waals surface area contributed by atoms with E-state index < -0.39 is 0 Å². The fraction of sp³-hybridized carbons (Fsp3) is 0.812. The third kappa shape index (κ3) is 3.86. The number of rotatable bonds is 9. The number of nitrogens with zero attached hydrogens (tertiary/aromatic N) is 3. The minimum atomic E-state index is 0.408. The average molecular weight is 303 g/mol. The van der Waals surface area contributed by atoms with Crippen molar-refractivity contribution in [2.45, 2.75) is 32.1 Å². The topological polar surface area (TPSA) is 88.3 Å². The molecule has 0 radical (unpaired) electrons. The third-order valence-corrected chi connectivity index (χ3v) is 5.41. The van der Waals surface area contributed by atoms with Crippen molar-refractivity contribution in [3.8, 4) is 0 Å². The molecule has 2 aliphatic carbocycles. The van der Waals surface area contributed by atoms with Crippen molar-refractivity contribution < 1.29 is 14.4 Å². The van der Waals surface area contributed by atoms with Crippen LogP contribution in [0.2, 0.25) is 0 Å². The maximum Gasteiger partial charge on any atom is 0.234 e. The zero-order valence-corrected chi connectivity index (χ0v) is 12.6. The molecule has 2 aliphatic rings. The molecule has 0 spiro atoms. The van der Waals surface area contributed by atoms with E-state index in [9.17, 15) is 14.4 Å². The molecule has 6 heteroatoms. The third-order valence-electron chi connectivity index (χ3n) is 5.41. The van der Waals surface area contributed by atoms with E-state index in [1.165, 1.54) is 12.8 Å². The van der Waals surface area contributed by atoms with Crippen LogP contribution in [0, 0.1) is 29.6 Å². The van der Waals surface area contributed by atoms with Gasteiger partial charge in [-0.05, 0) is 61.7 Å². The number of hydrogen-bond acceptors (Lipinski definition) is 6. The molecule has 22 heavy (non-hydrogen) atoms. The van der Waals surface area contributed by atoms with E-state index in [1.54, 1.807) is 18.2 Å². The molecule has 0 saturated heterocycles. The smallest absolute Gasteiger partial charge is 0.211 e. The van der Waals surface area contributed by atoms with Gasteiger partial charge in [-0.15, -0.1) is 0 Å². The summed E-state index contributed by atoms with van der Waals surface area (Å²) in [5, 5.41) is 0. The lowest BCUT2D eigenvalue weighted by atomic mass is 9.71. The quantitative estimate of drug-likeness (QED) is 0.371. The van der Waals surface area contributed by atoms with Gasteiger partial charge in [-0.3, -0.25) is 0 Å². The Morgan fingerprint density at radius 3 is 2.27 bits per heavy atom. The number of fused-ring (bicyclic) bond motifs is 2. The van der Waals surface area contributed by atoms with Crippen molar-refractivity contribution in [1.29, 1.82) is 0 Å². The van der Waals surface area contributed by atoms with Crippen LogP contribution >= 0.6 is 0 Å². The van der Waals surface area contributed by atoms with Gasteiger partial charge in [-0.2, -0.15) is 0 Å². The minimum absolute atomic E-state index is 0.408. The summed E-state index contributed by atoms with van der Waals surface area (Å²) < 4.78 is 0. The van der Waals surface area contributed by atoms with Crippen LogP contribution in [0.15, 0.2) is 15.0 Å². The van der Waals surface area contributed by atoms with Crippen molar-refractivity contribution in [1.82, 2.24) is 0 Å². The second kappa shape index (κ2) is 8.55. The first-order valence-electron chi connectivity index (χ1n) is 7.92. The highest BCUT2D eigenvalue weighted by molar-refractivity contribution is 5.33. The van der Waals surface area contributed by atoms with E-state index in [1.807, 2.05) is 0 Å². The van der Waals surface area contributed by atoms with Gasteiger partial charge in [0.05, 0.1) is 19.6 Å². The summed E-state index contributed by atoms with van der Waals surface area (Å²) in [6.45, 7) is 1.61. The number of isocyanates is 3. The van der Waals surface area contributed by atoms with Crippen LogP contribution in [-0.2, 0) is 14.4 Å². The average Bonchev–Trinajstić information content (AvgIpc) is 3.08. The Kier molecular flexibility index (Phi) is 6.42. The fourth-order valence-corrected chi connectivity index (χ4v) is 4.67. The van der Waals surface area contributed by atoms with E-state index in [-0.39, 0.29) is 0 Å². The van der Waals surface area contributed by atoms with E-state index in [0.29, 0.717) is 49.2 Å². The summed E-state index contributed by atoms with van der Waals surface area (Å²) in [6, 6.07) is 0. The summed E-state index contributed by atoms with van der Waals surface area (Å²) in [6.07, 6.45) is 9.98. The van der Waals surface area contributed by atoms with Gasteiger partial charge in [-0.1, -0.05) is 0 Å². The van der Waals surface area contributed by atoms with Crippen molar-refractivity contribution in [2.75, 3.05) is 19.6 Å². The first-order valence-corrected chi connectivity index (χ1v) is 7.92. The maximum absolute atomic E-state index is 10.5. The maximum atomic E-state index is 10.5. The number of aliphatic imine (C=N–C) groups is 3. The van der Waals surface area contributed by atoms with Gasteiger partial charge >= 0.3 is 0 Å². The summed E-state index contributed by atoms with van der Waals surface area (Å²) >= 11 is 0. The molecule has 5 atom stereocenters. The molecule has 0 N–H and O–H groups in total. The van der Waals surface area contributed by atoms with Crippen LogP contribution in [-0.4, -0.2) is 37.9 Å². The van der Waals surface area contributed by atoms with Crippen LogP contribution in [0.4, 0.5) is 0 Å². The Hall–Kier alpha value is -1.86. The molecule has 118 valence electrons. The van der Waals surface area contributed by atoms with Gasteiger partial charge in [0.25, 0.3) is 0 Å². The predicted octanol–water partition coefficient (Wildman–Crippen LogP) is 2.05. The molecule has 2 bridgehead atoms. The first-order chi connectivity index (χ1) is 10.8. The molecule has 0 aromatic heterocycles. The Morgan fingerprint density at radius 1 is 0.818 bits per heavy atom. The lowest BCUT2D eigenvalue weighted by Crippen LogP contribution is -2.30. The minimum Gasteiger partial charge on any atom is -0.211 e. The van der Waals surface area contributed by atoms with Gasteiger partial charge in [-0.25, -0.2) is 29.4 Å². The zero-order chi connectivity index (χ0) is 15.8. The molecular formula is C16H21N3O3. The largest absolute Gasteiger partial charge is 0.234 e. The standard InChI is InChI=1S/C16H21N3O3/c20-9-17-4-1-2-14-13-6-12(3-5-18-10-21)15(7-13)16(14)8-19-11-22/h12-16H,1-8H2. The Morgan fingerprint density at radius 2 is 1.55 bits per heavy atom. The molecule has 6 nitrogen and oxygen atoms in total. The van der Waals surface area contributed by atoms with Crippen LogP contribution in [0.25, 0.3) is 0 Å². The summed E-state index contributed by atoms with van der Waals surface area (Å²) in [7, 11) is 0. The molecule has 0 aliphatic heterocycles. The summed E-state index contributed by atoms with van der Waals surface area (Å²) in [4.78, 5) is 41.8. The van der Waals surface area contributed by atoms with Gasteiger partial charge in [0.1, 0.15) is 0 Å². The fourth-order valence-electron chi connectivity index (χ4n) is 4.67. The van der Waals surface area contributed by atoms with Gasteiger partial charge in [0.2, 0.25) is 18.2 Å². The zero-order valence-electron chi connectivity index (χ0n) is 12.6. The Bertz CT molecular complexity index is 513. The molecule has 5 unspecified atom stereocenters. The molecule has 0 heterocycles. The molecule has 0 aromatic rings. The van der Waals surface area contributed by atoms with Crippen molar-refractivity contribution in [2.24, 2.45) is 44.6 Å². The van der Waals surface area contributed by atoms with E-state index in [2.05, 4.69) is 15.0 Å². The van der Waals surface area contributed by atoms with E-state index in [0.717, 1.165) is 19.3 Å². The van der Waals surface area contributed by atoms with Crippen LogP contribution in [0.5, 0.6) is 0 Å². The second-order valence-electron chi connectivity index (χ2n) is 6.29. The summed E-state index contributed by atoms with van der Waals surface area (Å²) in [5.74, 6) is 2.74. The Balaban J connectivity index is 1.95. The van der Waals surface area contributed by atoms with E-state index in [4.69, 9.17) is 0 Å². The van der Waals surface area contributed by atoms with Crippen LogP contribution in [0.1, 0.15) is 32.1 Å². The van der Waals surface area contributed by atoms with Gasteiger partial charge in [0.15, 0.2) is 0 Å². The lowest BCUT2D eigenvalue weighted by molar-refractivity contribution is 0.153. The van der Waals surface area contributed by atoms with Crippen LogP contribution in [0.3, 0.4) is 0 Å². The highest BCUT2D eigenvalue weighted by Gasteiger charge is 2.51. The summed E-state index contributed by atoms with van der Waals surface area (Å²) in [5.41, 5.74) is 0. The normalized spacial score (nSPS) is 31.9. The molecule has 2 fully saturated rings. The number of carbonyl (C=O) groups excluding carboxylic acids is 3. The highest BCUT2D eigenvalue weighted by Crippen LogP contribution is 2.57. The second-order valence-corrected chi connectivity index (χ2v) is 6.29. The van der Waals surface area contributed by atoms with E-state index >= 15 is 0 Å². The van der Waals surface area contributed by atoms with Crippen molar-refractivity contribution in [3.63, 3.8) is 0 Å².